The van der Waals surface area contributed by atoms with Crippen LogP contribution in [0, 0.1) is 6.92 Å². The lowest BCUT2D eigenvalue weighted by atomic mass is 10.2. The van der Waals surface area contributed by atoms with Crippen LogP contribution in [0.5, 0.6) is 0 Å². The zero-order valence-corrected chi connectivity index (χ0v) is 16.0. The van der Waals surface area contributed by atoms with Crippen molar-refractivity contribution in [3.63, 3.8) is 0 Å². The van der Waals surface area contributed by atoms with Gasteiger partial charge in [-0.2, -0.15) is 4.31 Å². The van der Waals surface area contributed by atoms with Crippen molar-refractivity contribution in [3.8, 4) is 0 Å². The smallest absolute Gasteiger partial charge is 0.243 e. The lowest BCUT2D eigenvalue weighted by molar-refractivity contribution is -0.116. The van der Waals surface area contributed by atoms with Crippen LogP contribution in [0.3, 0.4) is 0 Å². The molecule has 142 valence electrons. The molecular weight excluding hydrogens is 354 g/mol. The Kier molecular flexibility index (Phi) is 7.35. The number of nitrogens with zero attached hydrogens (tertiary/aromatic N) is 2. The summed E-state index contributed by atoms with van der Waals surface area (Å²) in [6.45, 7) is 4.01. The summed E-state index contributed by atoms with van der Waals surface area (Å²) in [5.41, 5.74) is 0.974. The Morgan fingerprint density at radius 2 is 1.88 bits per heavy atom. The van der Waals surface area contributed by atoms with E-state index in [0.29, 0.717) is 13.0 Å². The van der Waals surface area contributed by atoms with Gasteiger partial charge in [0.15, 0.2) is 5.82 Å². The van der Waals surface area contributed by atoms with E-state index in [0.717, 1.165) is 24.8 Å². The van der Waals surface area contributed by atoms with E-state index < -0.39 is 15.9 Å². The lowest BCUT2D eigenvalue weighted by Crippen LogP contribution is -2.38. The van der Waals surface area contributed by atoms with Gasteiger partial charge in [0.2, 0.25) is 15.9 Å². The second-order valence-corrected chi connectivity index (χ2v) is 8.08. The average Bonchev–Trinajstić information content (AvgIpc) is 3.10. The van der Waals surface area contributed by atoms with Crippen LogP contribution in [-0.2, 0) is 14.8 Å². The topological polar surface area (TPSA) is 92.5 Å². The van der Waals surface area contributed by atoms with Crippen LogP contribution in [0.4, 0.5) is 5.82 Å². The molecule has 2 aromatic rings. The van der Waals surface area contributed by atoms with Crippen molar-refractivity contribution < 1.29 is 17.7 Å². The zero-order chi connectivity index (χ0) is 19.0. The van der Waals surface area contributed by atoms with Gasteiger partial charge in [0.25, 0.3) is 0 Å². The van der Waals surface area contributed by atoms with Crippen LogP contribution in [0.15, 0.2) is 46.0 Å². The molecule has 0 saturated heterocycles. The van der Waals surface area contributed by atoms with Crippen LogP contribution >= 0.6 is 0 Å². The van der Waals surface area contributed by atoms with Crippen LogP contribution < -0.4 is 5.32 Å². The van der Waals surface area contributed by atoms with Gasteiger partial charge in [-0.05, 0) is 25.5 Å². The molecule has 0 spiro atoms. The number of rotatable bonds is 10. The van der Waals surface area contributed by atoms with Gasteiger partial charge < -0.3 is 9.84 Å². The molecule has 2 rings (SSSR count). The highest BCUT2D eigenvalue weighted by Gasteiger charge is 2.26. The summed E-state index contributed by atoms with van der Waals surface area (Å²) < 4.78 is 31.8. The van der Waals surface area contributed by atoms with Crippen molar-refractivity contribution in [1.82, 2.24) is 9.46 Å². The van der Waals surface area contributed by atoms with Crippen LogP contribution in [-0.4, -0.2) is 36.9 Å². The largest absolute Gasteiger partial charge is 0.363 e. The fraction of sp³-hybridized carbons (Fsp3) is 0.444. The molecule has 1 amide bonds. The fourth-order valence-corrected chi connectivity index (χ4v) is 3.91. The first kappa shape index (κ1) is 20.1. The van der Waals surface area contributed by atoms with E-state index in [-0.39, 0.29) is 17.3 Å². The summed E-state index contributed by atoms with van der Waals surface area (Å²) in [5.74, 6) is -0.196. The number of unbranched alkanes of at least 4 members (excludes halogenated alkanes) is 3. The highest BCUT2D eigenvalue weighted by molar-refractivity contribution is 7.89. The number of aryl methyl sites for hydroxylation is 1. The Morgan fingerprint density at radius 3 is 2.50 bits per heavy atom. The van der Waals surface area contributed by atoms with E-state index in [9.17, 15) is 13.2 Å². The maximum absolute atomic E-state index is 13.0. The third-order valence-corrected chi connectivity index (χ3v) is 5.80. The average molecular weight is 379 g/mol. The standard InChI is InChI=1S/C18H25N3O4S/c1-3-4-5-6-12-21(14-18(22)19-17-11-13-25-20-17)26(23,24)16-9-7-15(2)8-10-16/h7-11,13H,3-6,12,14H2,1-2H3,(H,19,20,22). The summed E-state index contributed by atoms with van der Waals surface area (Å²) >= 11 is 0. The normalized spacial score (nSPS) is 11.7. The number of sulfonamides is 1. The molecule has 1 aromatic carbocycles. The molecule has 0 radical (unpaired) electrons. The molecule has 7 nitrogen and oxygen atoms in total. The molecule has 0 unspecified atom stereocenters. The van der Waals surface area contributed by atoms with Gasteiger partial charge in [-0.3, -0.25) is 4.79 Å². The van der Waals surface area contributed by atoms with Crippen molar-refractivity contribution in [3.05, 3.63) is 42.2 Å². The number of carbonyl (C=O) groups is 1. The van der Waals surface area contributed by atoms with Crippen molar-refractivity contribution in [2.24, 2.45) is 0 Å². The van der Waals surface area contributed by atoms with E-state index in [1.165, 1.54) is 16.6 Å². The van der Waals surface area contributed by atoms with E-state index in [4.69, 9.17) is 0 Å². The second-order valence-electron chi connectivity index (χ2n) is 6.15. The van der Waals surface area contributed by atoms with E-state index >= 15 is 0 Å². The maximum atomic E-state index is 13.0. The van der Waals surface area contributed by atoms with Gasteiger partial charge >= 0.3 is 0 Å². The molecule has 0 aliphatic rings. The van der Waals surface area contributed by atoms with Crippen molar-refractivity contribution >= 4 is 21.7 Å². The van der Waals surface area contributed by atoms with Gasteiger partial charge in [0, 0.05) is 12.6 Å². The van der Waals surface area contributed by atoms with E-state index in [2.05, 4.69) is 21.9 Å². The molecule has 26 heavy (non-hydrogen) atoms. The van der Waals surface area contributed by atoms with Gasteiger partial charge in [0.1, 0.15) is 6.26 Å². The Hall–Kier alpha value is -2.19. The molecule has 8 heteroatoms. The van der Waals surface area contributed by atoms with Gasteiger partial charge in [-0.15, -0.1) is 0 Å². The van der Waals surface area contributed by atoms with Crippen molar-refractivity contribution in [2.45, 2.75) is 44.4 Å². The van der Waals surface area contributed by atoms with Crippen LogP contribution in [0.1, 0.15) is 38.2 Å². The number of carbonyl (C=O) groups excluding carboxylic acids is 1. The monoisotopic (exact) mass is 379 g/mol. The Morgan fingerprint density at radius 1 is 1.15 bits per heavy atom. The molecule has 0 atom stereocenters. The first-order valence-corrected chi connectivity index (χ1v) is 10.1. The summed E-state index contributed by atoms with van der Waals surface area (Å²) in [5, 5.41) is 6.14. The lowest BCUT2D eigenvalue weighted by Gasteiger charge is -2.21. The number of nitrogens with one attached hydrogen (secondary N) is 1. The number of hydrogen-bond donors (Lipinski definition) is 1. The van der Waals surface area contributed by atoms with Crippen LogP contribution in [0.2, 0.25) is 0 Å². The number of aromatic nitrogens is 1. The maximum Gasteiger partial charge on any atom is 0.243 e. The number of benzene rings is 1. The van der Waals surface area contributed by atoms with E-state index in [1.807, 2.05) is 6.92 Å². The predicted molar refractivity (Wildman–Crippen MR) is 99.2 cm³/mol. The van der Waals surface area contributed by atoms with Gasteiger partial charge in [-0.1, -0.05) is 49.0 Å². The molecular formula is C18H25N3O4S. The number of anilines is 1. The molecule has 1 N–H and O–H groups in total. The summed E-state index contributed by atoms with van der Waals surface area (Å²) in [6, 6.07) is 8.13. The first-order valence-electron chi connectivity index (χ1n) is 8.70. The summed E-state index contributed by atoms with van der Waals surface area (Å²) in [6.07, 6.45) is 5.04. The van der Waals surface area contributed by atoms with Crippen molar-refractivity contribution in [1.29, 1.82) is 0 Å². The van der Waals surface area contributed by atoms with Crippen LogP contribution in [0.25, 0.3) is 0 Å². The number of amides is 1. The number of hydrogen-bond acceptors (Lipinski definition) is 5. The molecule has 1 aromatic heterocycles. The SMILES string of the molecule is CCCCCCN(CC(=O)Nc1ccon1)S(=O)(=O)c1ccc(C)cc1. The quantitative estimate of drug-likeness (QED) is 0.640. The molecule has 0 aliphatic heterocycles. The minimum absolute atomic E-state index is 0.188. The zero-order valence-electron chi connectivity index (χ0n) is 15.1. The predicted octanol–water partition coefficient (Wildman–Crippen LogP) is 3.19. The second kappa shape index (κ2) is 9.49. The molecule has 0 fully saturated rings. The third-order valence-electron chi connectivity index (χ3n) is 3.95. The highest BCUT2D eigenvalue weighted by atomic mass is 32.2. The minimum atomic E-state index is -3.75. The van der Waals surface area contributed by atoms with Gasteiger partial charge in [0.05, 0.1) is 11.4 Å². The molecule has 1 heterocycles. The molecule has 0 aliphatic carbocycles. The Bertz CT molecular complexity index is 786. The first-order chi connectivity index (χ1) is 12.4. The molecule has 0 bridgehead atoms. The van der Waals surface area contributed by atoms with Crippen molar-refractivity contribution in [2.75, 3.05) is 18.4 Å². The Labute approximate surface area is 154 Å². The highest BCUT2D eigenvalue weighted by Crippen LogP contribution is 2.18. The third kappa shape index (κ3) is 5.67. The van der Waals surface area contributed by atoms with Gasteiger partial charge in [-0.25, -0.2) is 8.42 Å². The summed E-state index contributed by atoms with van der Waals surface area (Å²) in [7, 11) is -3.75. The summed E-state index contributed by atoms with van der Waals surface area (Å²) in [4.78, 5) is 12.4. The fourth-order valence-electron chi connectivity index (χ4n) is 2.48. The van der Waals surface area contributed by atoms with E-state index in [1.54, 1.807) is 24.3 Å². The Balaban J connectivity index is 2.13. The minimum Gasteiger partial charge on any atom is -0.363 e. The molecule has 0 saturated carbocycles.